The number of ether oxygens (including phenoxy) is 1. The number of carbonyl (C=O) groups excluding carboxylic acids is 2. The summed E-state index contributed by atoms with van der Waals surface area (Å²) in [6.45, 7) is 0. The third-order valence-corrected chi connectivity index (χ3v) is 2.90. The smallest absolute Gasteiger partial charge is 0.375 e. The summed E-state index contributed by atoms with van der Waals surface area (Å²) in [4.78, 5) is 26.9. The SMILES string of the molecule is COC(=O)c1nc(NC(=O)c2ccccc2Br)n[nH]1. The number of nitrogens with one attached hydrogen (secondary N) is 2. The maximum absolute atomic E-state index is 11.9. The van der Waals surface area contributed by atoms with Gasteiger partial charge in [-0.2, -0.15) is 4.98 Å². The molecule has 0 aliphatic heterocycles. The number of methoxy groups -OCH3 is 1. The Labute approximate surface area is 116 Å². The topological polar surface area (TPSA) is 97.0 Å². The summed E-state index contributed by atoms with van der Waals surface area (Å²) in [5.74, 6) is -1.12. The molecule has 7 nitrogen and oxygen atoms in total. The molecule has 1 aromatic heterocycles. The second-order valence-corrected chi connectivity index (χ2v) is 4.29. The Morgan fingerprint density at radius 3 is 2.79 bits per heavy atom. The van der Waals surface area contributed by atoms with Gasteiger partial charge in [-0.1, -0.05) is 12.1 Å². The summed E-state index contributed by atoms with van der Waals surface area (Å²) < 4.78 is 5.11. The summed E-state index contributed by atoms with van der Waals surface area (Å²) in [6, 6.07) is 6.92. The van der Waals surface area contributed by atoms with Crippen LogP contribution in [0.3, 0.4) is 0 Å². The van der Waals surface area contributed by atoms with Crippen LogP contribution < -0.4 is 5.32 Å². The van der Waals surface area contributed by atoms with Gasteiger partial charge in [-0.25, -0.2) is 4.79 Å². The molecule has 0 bridgehead atoms. The monoisotopic (exact) mass is 324 g/mol. The summed E-state index contributed by atoms with van der Waals surface area (Å²) in [5.41, 5.74) is 0.437. The van der Waals surface area contributed by atoms with Crippen molar-refractivity contribution in [1.29, 1.82) is 0 Å². The molecule has 19 heavy (non-hydrogen) atoms. The zero-order chi connectivity index (χ0) is 13.8. The van der Waals surface area contributed by atoms with Crippen molar-refractivity contribution in [3.63, 3.8) is 0 Å². The maximum atomic E-state index is 11.9. The first-order valence-electron chi connectivity index (χ1n) is 5.18. The van der Waals surface area contributed by atoms with Gasteiger partial charge in [-0.3, -0.25) is 15.2 Å². The zero-order valence-corrected chi connectivity index (χ0v) is 11.4. The molecule has 2 rings (SSSR count). The number of halogens is 1. The van der Waals surface area contributed by atoms with Gasteiger partial charge in [0.1, 0.15) is 0 Å². The van der Waals surface area contributed by atoms with Crippen LogP contribution in [-0.2, 0) is 4.74 Å². The van der Waals surface area contributed by atoms with Gasteiger partial charge in [0.25, 0.3) is 5.91 Å². The van der Waals surface area contributed by atoms with E-state index in [4.69, 9.17) is 0 Å². The molecule has 0 saturated heterocycles. The number of carbonyl (C=O) groups is 2. The number of hydrogen-bond acceptors (Lipinski definition) is 5. The van der Waals surface area contributed by atoms with Crippen molar-refractivity contribution in [3.05, 3.63) is 40.1 Å². The van der Waals surface area contributed by atoms with Gasteiger partial charge < -0.3 is 4.74 Å². The Bertz CT molecular complexity index is 626. The zero-order valence-electron chi connectivity index (χ0n) is 9.81. The highest BCUT2D eigenvalue weighted by atomic mass is 79.9. The lowest BCUT2D eigenvalue weighted by Crippen LogP contribution is -2.13. The molecular formula is C11H9BrN4O3. The molecule has 0 radical (unpaired) electrons. The molecule has 0 fully saturated rings. The number of aromatic nitrogens is 3. The minimum atomic E-state index is -0.658. The van der Waals surface area contributed by atoms with Gasteiger partial charge >= 0.3 is 5.97 Å². The maximum Gasteiger partial charge on any atom is 0.375 e. The minimum absolute atomic E-state index is 0.00107. The lowest BCUT2D eigenvalue weighted by atomic mass is 10.2. The predicted octanol–water partition coefficient (Wildman–Crippen LogP) is 1.61. The molecule has 0 spiro atoms. The van der Waals surface area contributed by atoms with E-state index in [2.05, 4.69) is 41.2 Å². The number of amides is 1. The van der Waals surface area contributed by atoms with Crippen LogP contribution in [0.5, 0.6) is 0 Å². The van der Waals surface area contributed by atoms with E-state index in [0.29, 0.717) is 10.0 Å². The Kier molecular flexibility index (Phi) is 3.91. The van der Waals surface area contributed by atoms with Crippen molar-refractivity contribution >= 4 is 33.8 Å². The van der Waals surface area contributed by atoms with Crippen LogP contribution in [0.2, 0.25) is 0 Å². The summed E-state index contributed by atoms with van der Waals surface area (Å²) in [7, 11) is 1.23. The van der Waals surface area contributed by atoms with Crippen LogP contribution in [0, 0.1) is 0 Å². The quantitative estimate of drug-likeness (QED) is 0.836. The lowest BCUT2D eigenvalue weighted by Gasteiger charge is -2.02. The first-order chi connectivity index (χ1) is 9.11. The lowest BCUT2D eigenvalue weighted by molar-refractivity contribution is 0.0587. The third-order valence-electron chi connectivity index (χ3n) is 2.21. The number of H-pyrrole nitrogens is 1. The van der Waals surface area contributed by atoms with E-state index in [1.807, 2.05) is 0 Å². The molecule has 1 aromatic carbocycles. The molecule has 2 aromatic rings. The van der Waals surface area contributed by atoms with E-state index >= 15 is 0 Å². The van der Waals surface area contributed by atoms with E-state index in [-0.39, 0.29) is 17.7 Å². The molecule has 0 saturated carbocycles. The van der Waals surface area contributed by atoms with E-state index in [1.165, 1.54) is 7.11 Å². The molecular weight excluding hydrogens is 316 g/mol. The van der Waals surface area contributed by atoms with Crippen molar-refractivity contribution in [2.75, 3.05) is 12.4 Å². The van der Waals surface area contributed by atoms with Crippen LogP contribution in [0.15, 0.2) is 28.7 Å². The fourth-order valence-corrected chi connectivity index (χ4v) is 1.78. The molecule has 2 N–H and O–H groups in total. The molecule has 1 heterocycles. The van der Waals surface area contributed by atoms with E-state index < -0.39 is 5.97 Å². The molecule has 98 valence electrons. The number of anilines is 1. The van der Waals surface area contributed by atoms with Gasteiger partial charge in [-0.05, 0) is 28.1 Å². The fourth-order valence-electron chi connectivity index (χ4n) is 1.32. The molecule has 8 heteroatoms. The van der Waals surface area contributed by atoms with E-state index in [1.54, 1.807) is 24.3 Å². The van der Waals surface area contributed by atoms with Crippen LogP contribution in [0.1, 0.15) is 21.0 Å². The Morgan fingerprint density at radius 1 is 1.37 bits per heavy atom. The minimum Gasteiger partial charge on any atom is -0.463 e. The molecule has 0 aliphatic carbocycles. The molecule has 0 aliphatic rings. The highest BCUT2D eigenvalue weighted by molar-refractivity contribution is 9.10. The van der Waals surface area contributed by atoms with Gasteiger partial charge in [0.15, 0.2) is 0 Å². The van der Waals surface area contributed by atoms with Crippen molar-refractivity contribution in [3.8, 4) is 0 Å². The normalized spacial score (nSPS) is 10.0. The number of aromatic amines is 1. The molecule has 1 amide bonds. The first-order valence-corrected chi connectivity index (χ1v) is 5.97. The second kappa shape index (κ2) is 5.61. The van der Waals surface area contributed by atoms with Gasteiger partial charge in [0.2, 0.25) is 11.8 Å². The predicted molar refractivity (Wildman–Crippen MR) is 69.8 cm³/mol. The Hall–Kier alpha value is -2.22. The fraction of sp³-hybridized carbons (Fsp3) is 0.0909. The number of nitrogens with zero attached hydrogens (tertiary/aromatic N) is 2. The van der Waals surface area contributed by atoms with Crippen LogP contribution in [0.4, 0.5) is 5.95 Å². The van der Waals surface area contributed by atoms with Gasteiger partial charge in [-0.15, -0.1) is 5.10 Å². The third kappa shape index (κ3) is 2.97. The highest BCUT2D eigenvalue weighted by Gasteiger charge is 2.15. The second-order valence-electron chi connectivity index (χ2n) is 3.43. The largest absolute Gasteiger partial charge is 0.463 e. The van der Waals surface area contributed by atoms with Crippen molar-refractivity contribution in [1.82, 2.24) is 15.2 Å². The molecule has 0 unspecified atom stereocenters. The van der Waals surface area contributed by atoms with Gasteiger partial charge in [0, 0.05) is 4.47 Å². The number of rotatable bonds is 3. The molecule has 0 atom stereocenters. The summed E-state index contributed by atoms with van der Waals surface area (Å²) in [5, 5.41) is 8.53. The van der Waals surface area contributed by atoms with Crippen LogP contribution >= 0.6 is 15.9 Å². The Balaban J connectivity index is 2.14. The number of benzene rings is 1. The number of esters is 1. The van der Waals surface area contributed by atoms with Crippen molar-refractivity contribution in [2.45, 2.75) is 0 Å². The van der Waals surface area contributed by atoms with E-state index in [0.717, 1.165) is 0 Å². The van der Waals surface area contributed by atoms with Crippen LogP contribution in [0.25, 0.3) is 0 Å². The standard InChI is InChI=1S/C11H9BrN4O3/c1-19-10(18)8-13-11(16-15-8)14-9(17)6-4-2-3-5-7(6)12/h2-5H,1H3,(H2,13,14,15,16,17). The highest BCUT2D eigenvalue weighted by Crippen LogP contribution is 2.16. The van der Waals surface area contributed by atoms with Gasteiger partial charge in [0.05, 0.1) is 12.7 Å². The van der Waals surface area contributed by atoms with E-state index in [9.17, 15) is 9.59 Å². The number of hydrogen-bond donors (Lipinski definition) is 2. The van der Waals surface area contributed by atoms with Crippen molar-refractivity contribution < 1.29 is 14.3 Å². The van der Waals surface area contributed by atoms with Crippen LogP contribution in [-0.4, -0.2) is 34.2 Å². The Morgan fingerprint density at radius 2 is 2.11 bits per heavy atom. The first kappa shape index (κ1) is 13.2. The van der Waals surface area contributed by atoms with Crippen molar-refractivity contribution in [2.24, 2.45) is 0 Å². The summed E-state index contributed by atoms with van der Waals surface area (Å²) in [6.07, 6.45) is 0. The summed E-state index contributed by atoms with van der Waals surface area (Å²) >= 11 is 3.27. The average molecular weight is 325 g/mol. The average Bonchev–Trinajstić information content (AvgIpc) is 2.86.